The van der Waals surface area contributed by atoms with Crippen LogP contribution in [0.1, 0.15) is 35.2 Å². The number of likely N-dealkylation sites (N-methyl/N-ethyl adjacent to an activating group) is 1. The van der Waals surface area contributed by atoms with Crippen molar-refractivity contribution in [2.45, 2.75) is 39.4 Å². The molecule has 2 rings (SSSR count). The number of aryl methyl sites for hydroxylation is 1. The second-order valence-corrected chi connectivity index (χ2v) is 6.49. The van der Waals surface area contributed by atoms with E-state index in [4.69, 9.17) is 5.73 Å². The molecular weight excluding hydrogens is 266 g/mol. The van der Waals surface area contributed by atoms with E-state index in [1.807, 2.05) is 23.7 Å². The lowest BCUT2D eigenvalue weighted by atomic mass is 10.1. The molecule has 0 spiro atoms. The molecule has 0 bridgehead atoms. The predicted molar refractivity (Wildman–Crippen MR) is 85.8 cm³/mol. The van der Waals surface area contributed by atoms with Gasteiger partial charge in [-0.05, 0) is 50.2 Å². The van der Waals surface area contributed by atoms with Crippen molar-refractivity contribution in [3.8, 4) is 0 Å². The third-order valence-electron chi connectivity index (χ3n) is 3.49. The summed E-state index contributed by atoms with van der Waals surface area (Å²) in [6.07, 6.45) is 3.69. The van der Waals surface area contributed by atoms with Gasteiger partial charge in [-0.3, -0.25) is 9.88 Å². The van der Waals surface area contributed by atoms with Gasteiger partial charge in [-0.2, -0.15) is 0 Å². The molecule has 4 heteroatoms. The van der Waals surface area contributed by atoms with E-state index in [1.165, 1.54) is 15.3 Å². The van der Waals surface area contributed by atoms with Crippen molar-refractivity contribution >= 4 is 11.3 Å². The molecule has 2 atom stereocenters. The Kier molecular flexibility index (Phi) is 5.29. The maximum atomic E-state index is 6.26. The molecule has 0 saturated carbocycles. The van der Waals surface area contributed by atoms with E-state index in [0.29, 0.717) is 0 Å². The fraction of sp³-hybridized carbons (Fsp3) is 0.438. The maximum absolute atomic E-state index is 6.26. The minimum Gasteiger partial charge on any atom is -0.326 e. The van der Waals surface area contributed by atoms with Gasteiger partial charge in [-0.25, -0.2) is 0 Å². The summed E-state index contributed by atoms with van der Waals surface area (Å²) in [7, 11) is 0. The summed E-state index contributed by atoms with van der Waals surface area (Å²) in [6, 6.07) is 8.90. The monoisotopic (exact) mass is 289 g/mol. The quantitative estimate of drug-likeness (QED) is 0.886. The first-order valence-electron chi connectivity index (χ1n) is 7.06. The fourth-order valence-corrected chi connectivity index (χ4v) is 3.64. The van der Waals surface area contributed by atoms with Crippen LogP contribution in [0.3, 0.4) is 0 Å². The number of hydrogen-bond acceptors (Lipinski definition) is 4. The summed E-state index contributed by atoms with van der Waals surface area (Å²) < 4.78 is 0. The molecule has 108 valence electrons. The average molecular weight is 289 g/mol. The molecule has 0 fully saturated rings. The normalized spacial score (nSPS) is 14.4. The Morgan fingerprint density at radius 1 is 1.25 bits per heavy atom. The van der Waals surface area contributed by atoms with Gasteiger partial charge in [0, 0.05) is 34.7 Å². The van der Waals surface area contributed by atoms with Gasteiger partial charge in [0.15, 0.2) is 0 Å². The van der Waals surface area contributed by atoms with Gasteiger partial charge in [0.1, 0.15) is 0 Å². The van der Waals surface area contributed by atoms with Gasteiger partial charge < -0.3 is 5.73 Å². The predicted octanol–water partition coefficient (Wildman–Crippen LogP) is 3.36. The number of aromatic nitrogens is 1. The molecule has 0 aliphatic heterocycles. The fourth-order valence-electron chi connectivity index (χ4n) is 2.51. The van der Waals surface area contributed by atoms with E-state index >= 15 is 0 Å². The van der Waals surface area contributed by atoms with Crippen LogP contribution in [0.25, 0.3) is 0 Å². The Hall–Kier alpha value is -1.23. The van der Waals surface area contributed by atoms with Gasteiger partial charge in [0.2, 0.25) is 0 Å². The lowest BCUT2D eigenvalue weighted by molar-refractivity contribution is 0.180. The van der Waals surface area contributed by atoms with E-state index in [1.54, 1.807) is 0 Å². The van der Waals surface area contributed by atoms with Gasteiger partial charge in [-0.15, -0.1) is 11.3 Å². The molecule has 2 aromatic heterocycles. The molecular formula is C16H23N3S. The van der Waals surface area contributed by atoms with Crippen LogP contribution in [0.5, 0.6) is 0 Å². The molecule has 0 amide bonds. The molecule has 3 nitrogen and oxygen atoms in total. The SMILES string of the molecule is CCN(Cc1ccncc1)C(c1ccc(C)s1)C(C)N. The standard InChI is InChI=1S/C16H23N3S/c1-4-19(11-14-7-9-18-10-8-14)16(13(3)17)15-6-5-12(2)20-15/h5-10,13,16H,4,11,17H2,1-3H3. The molecule has 2 N–H and O–H groups in total. The van der Waals surface area contributed by atoms with E-state index in [9.17, 15) is 0 Å². The molecule has 0 aliphatic carbocycles. The summed E-state index contributed by atoms with van der Waals surface area (Å²) in [5.74, 6) is 0. The summed E-state index contributed by atoms with van der Waals surface area (Å²) in [6.45, 7) is 8.31. The molecule has 0 aliphatic rings. The number of nitrogens with zero attached hydrogens (tertiary/aromatic N) is 2. The summed E-state index contributed by atoms with van der Waals surface area (Å²) in [5, 5.41) is 0. The van der Waals surface area contributed by atoms with Crippen LogP contribution >= 0.6 is 11.3 Å². The zero-order valence-electron chi connectivity index (χ0n) is 12.4. The van der Waals surface area contributed by atoms with Crippen molar-refractivity contribution in [2.24, 2.45) is 5.73 Å². The highest BCUT2D eigenvalue weighted by Gasteiger charge is 2.24. The van der Waals surface area contributed by atoms with E-state index < -0.39 is 0 Å². The van der Waals surface area contributed by atoms with Crippen LogP contribution in [-0.2, 0) is 6.54 Å². The van der Waals surface area contributed by atoms with Gasteiger partial charge in [0.25, 0.3) is 0 Å². The lowest BCUT2D eigenvalue weighted by Gasteiger charge is -2.33. The first kappa shape index (κ1) is 15.2. The van der Waals surface area contributed by atoms with Crippen LogP contribution in [0.4, 0.5) is 0 Å². The Labute approximate surface area is 125 Å². The zero-order chi connectivity index (χ0) is 14.5. The lowest BCUT2D eigenvalue weighted by Crippen LogP contribution is -2.38. The van der Waals surface area contributed by atoms with Crippen LogP contribution in [0, 0.1) is 6.92 Å². The average Bonchev–Trinajstić information content (AvgIpc) is 2.85. The van der Waals surface area contributed by atoms with Crippen LogP contribution in [-0.4, -0.2) is 22.5 Å². The summed E-state index contributed by atoms with van der Waals surface area (Å²) in [4.78, 5) is 9.21. The minimum atomic E-state index is 0.106. The van der Waals surface area contributed by atoms with Gasteiger partial charge in [-0.1, -0.05) is 6.92 Å². The molecule has 20 heavy (non-hydrogen) atoms. The Balaban J connectivity index is 2.22. The molecule has 0 aromatic carbocycles. The maximum Gasteiger partial charge on any atom is 0.0593 e. The van der Waals surface area contributed by atoms with Crippen molar-refractivity contribution in [2.75, 3.05) is 6.54 Å². The van der Waals surface area contributed by atoms with Crippen molar-refractivity contribution in [1.82, 2.24) is 9.88 Å². The molecule has 0 radical (unpaired) electrons. The van der Waals surface area contributed by atoms with Gasteiger partial charge >= 0.3 is 0 Å². The number of hydrogen-bond donors (Lipinski definition) is 1. The molecule has 0 saturated heterocycles. The van der Waals surface area contributed by atoms with Crippen molar-refractivity contribution in [1.29, 1.82) is 0 Å². The number of nitrogens with two attached hydrogens (primary N) is 1. The van der Waals surface area contributed by atoms with E-state index in [0.717, 1.165) is 13.1 Å². The van der Waals surface area contributed by atoms with Crippen LogP contribution in [0.2, 0.25) is 0 Å². The second kappa shape index (κ2) is 6.97. The molecule has 2 unspecified atom stereocenters. The Morgan fingerprint density at radius 2 is 1.95 bits per heavy atom. The third kappa shape index (κ3) is 3.66. The highest BCUT2D eigenvalue weighted by atomic mass is 32.1. The minimum absolute atomic E-state index is 0.106. The Morgan fingerprint density at radius 3 is 2.45 bits per heavy atom. The second-order valence-electron chi connectivity index (χ2n) is 5.17. The topological polar surface area (TPSA) is 42.2 Å². The van der Waals surface area contributed by atoms with E-state index in [2.05, 4.69) is 54.9 Å². The highest BCUT2D eigenvalue weighted by molar-refractivity contribution is 7.12. The first-order valence-corrected chi connectivity index (χ1v) is 7.88. The summed E-state index contributed by atoms with van der Waals surface area (Å²) >= 11 is 1.84. The van der Waals surface area contributed by atoms with Gasteiger partial charge in [0.05, 0.1) is 6.04 Å². The van der Waals surface area contributed by atoms with Crippen LogP contribution < -0.4 is 5.73 Å². The highest BCUT2D eigenvalue weighted by Crippen LogP contribution is 2.30. The number of thiophene rings is 1. The zero-order valence-corrected chi connectivity index (χ0v) is 13.2. The Bertz CT molecular complexity index is 522. The summed E-state index contributed by atoms with van der Waals surface area (Å²) in [5.41, 5.74) is 7.54. The van der Waals surface area contributed by atoms with Crippen LogP contribution in [0.15, 0.2) is 36.7 Å². The number of pyridine rings is 1. The molecule has 2 aromatic rings. The van der Waals surface area contributed by atoms with E-state index in [-0.39, 0.29) is 12.1 Å². The van der Waals surface area contributed by atoms with Crippen molar-refractivity contribution < 1.29 is 0 Å². The smallest absolute Gasteiger partial charge is 0.0593 e. The van der Waals surface area contributed by atoms with Crippen molar-refractivity contribution in [3.05, 3.63) is 52.0 Å². The number of rotatable bonds is 6. The van der Waals surface area contributed by atoms with Crippen molar-refractivity contribution in [3.63, 3.8) is 0 Å². The third-order valence-corrected chi connectivity index (χ3v) is 4.56. The first-order chi connectivity index (χ1) is 9.61. The molecule has 2 heterocycles. The largest absolute Gasteiger partial charge is 0.326 e.